The van der Waals surface area contributed by atoms with Crippen LogP contribution in [-0.4, -0.2) is 34.5 Å². The Morgan fingerprint density at radius 3 is 2.60 bits per heavy atom. The summed E-state index contributed by atoms with van der Waals surface area (Å²) in [4.78, 5) is 25.0. The van der Waals surface area contributed by atoms with Gasteiger partial charge < -0.3 is 10.0 Å². The molecule has 0 unspecified atom stereocenters. The Bertz CT molecular complexity index is 545. The van der Waals surface area contributed by atoms with Crippen LogP contribution in [0.2, 0.25) is 0 Å². The number of carboxylic acid groups (broad SMARTS) is 1. The van der Waals surface area contributed by atoms with Crippen molar-refractivity contribution < 1.29 is 14.7 Å². The molecule has 0 spiro atoms. The van der Waals surface area contributed by atoms with Gasteiger partial charge in [0.05, 0.1) is 12.5 Å². The average molecular weight is 272 g/mol. The molecular weight excluding hydrogens is 256 g/mol. The Balaban J connectivity index is 2.16. The lowest BCUT2D eigenvalue weighted by Crippen LogP contribution is -2.47. The van der Waals surface area contributed by atoms with Crippen LogP contribution in [0.15, 0.2) is 24.3 Å². The highest BCUT2D eigenvalue weighted by Gasteiger charge is 2.32. The third-order valence-corrected chi connectivity index (χ3v) is 3.53. The second kappa shape index (κ2) is 6.20. The van der Waals surface area contributed by atoms with E-state index in [0.29, 0.717) is 24.9 Å². The molecule has 1 aliphatic heterocycles. The number of nitriles is 1. The monoisotopic (exact) mass is 272 g/mol. The van der Waals surface area contributed by atoms with Crippen molar-refractivity contribution in [3.05, 3.63) is 35.4 Å². The van der Waals surface area contributed by atoms with Crippen molar-refractivity contribution in [2.24, 2.45) is 0 Å². The summed E-state index contributed by atoms with van der Waals surface area (Å²) in [6.45, 7) is 0.482. The number of aliphatic carboxylic acids is 1. The fraction of sp³-hybridized carbons (Fsp3) is 0.400. The quantitative estimate of drug-likeness (QED) is 0.910. The summed E-state index contributed by atoms with van der Waals surface area (Å²) in [6, 6.07) is 8.09. The first-order chi connectivity index (χ1) is 9.63. The number of nitrogens with zero attached hydrogens (tertiary/aromatic N) is 2. The summed E-state index contributed by atoms with van der Waals surface area (Å²) < 4.78 is 0. The van der Waals surface area contributed by atoms with Crippen LogP contribution in [0, 0.1) is 11.3 Å². The van der Waals surface area contributed by atoms with E-state index in [4.69, 9.17) is 5.26 Å². The topological polar surface area (TPSA) is 81.4 Å². The second-order valence-electron chi connectivity index (χ2n) is 4.88. The summed E-state index contributed by atoms with van der Waals surface area (Å²) in [5, 5.41) is 17.8. The van der Waals surface area contributed by atoms with Gasteiger partial charge in [0.25, 0.3) is 5.91 Å². The Hall–Kier alpha value is -2.35. The number of carbonyl (C=O) groups excluding carboxylic acids is 1. The van der Waals surface area contributed by atoms with Crippen LogP contribution >= 0.6 is 0 Å². The predicted octanol–water partition coefficient (Wildman–Crippen LogP) is 1.83. The van der Waals surface area contributed by atoms with E-state index in [2.05, 4.69) is 0 Å². The SMILES string of the molecule is N#CCc1ccc(C(=O)N2CCCC[C@@H]2C(=O)O)cc1. The second-order valence-corrected chi connectivity index (χ2v) is 4.88. The van der Waals surface area contributed by atoms with Gasteiger partial charge in [-0.3, -0.25) is 4.79 Å². The van der Waals surface area contributed by atoms with Crippen LogP contribution in [-0.2, 0) is 11.2 Å². The minimum Gasteiger partial charge on any atom is -0.480 e. The Labute approximate surface area is 117 Å². The molecule has 1 fully saturated rings. The highest BCUT2D eigenvalue weighted by atomic mass is 16.4. The molecule has 20 heavy (non-hydrogen) atoms. The lowest BCUT2D eigenvalue weighted by molar-refractivity contribution is -0.143. The normalized spacial score (nSPS) is 18.4. The van der Waals surface area contributed by atoms with Gasteiger partial charge in [0.1, 0.15) is 6.04 Å². The first-order valence-electron chi connectivity index (χ1n) is 6.63. The molecule has 1 amide bonds. The van der Waals surface area contributed by atoms with Crippen LogP contribution in [0.25, 0.3) is 0 Å². The molecule has 1 aliphatic rings. The van der Waals surface area contributed by atoms with Crippen molar-refractivity contribution in [1.82, 2.24) is 4.90 Å². The highest BCUT2D eigenvalue weighted by molar-refractivity contribution is 5.96. The van der Waals surface area contributed by atoms with Gasteiger partial charge in [-0.1, -0.05) is 12.1 Å². The number of amides is 1. The molecule has 2 rings (SSSR count). The van der Waals surface area contributed by atoms with Crippen LogP contribution in [0.5, 0.6) is 0 Å². The van der Waals surface area contributed by atoms with Crippen LogP contribution in [0.3, 0.4) is 0 Å². The largest absolute Gasteiger partial charge is 0.480 e. The third-order valence-electron chi connectivity index (χ3n) is 3.53. The van der Waals surface area contributed by atoms with E-state index in [9.17, 15) is 14.7 Å². The van der Waals surface area contributed by atoms with E-state index in [-0.39, 0.29) is 5.91 Å². The molecular formula is C15H16N2O3. The molecule has 1 aromatic carbocycles. The zero-order valence-electron chi connectivity index (χ0n) is 11.1. The molecule has 1 atom stereocenters. The van der Waals surface area contributed by atoms with Gasteiger partial charge in [-0.2, -0.15) is 5.26 Å². The van der Waals surface area contributed by atoms with Crippen molar-refractivity contribution in [3.8, 4) is 6.07 Å². The molecule has 0 saturated carbocycles. The van der Waals surface area contributed by atoms with Gasteiger partial charge in [-0.15, -0.1) is 0 Å². The smallest absolute Gasteiger partial charge is 0.326 e. The Morgan fingerprint density at radius 1 is 1.30 bits per heavy atom. The van der Waals surface area contributed by atoms with Crippen molar-refractivity contribution in [2.75, 3.05) is 6.54 Å². The minimum absolute atomic E-state index is 0.249. The molecule has 5 nitrogen and oxygen atoms in total. The van der Waals surface area contributed by atoms with Crippen molar-refractivity contribution in [3.63, 3.8) is 0 Å². The number of hydrogen-bond acceptors (Lipinski definition) is 3. The highest BCUT2D eigenvalue weighted by Crippen LogP contribution is 2.20. The van der Waals surface area contributed by atoms with Crippen molar-refractivity contribution in [2.45, 2.75) is 31.7 Å². The first-order valence-corrected chi connectivity index (χ1v) is 6.63. The van der Waals surface area contributed by atoms with Gasteiger partial charge in [0.2, 0.25) is 0 Å². The molecule has 1 saturated heterocycles. The molecule has 1 aromatic rings. The molecule has 104 valence electrons. The van der Waals surface area contributed by atoms with E-state index >= 15 is 0 Å². The summed E-state index contributed by atoms with van der Waals surface area (Å²) in [5.74, 6) is -1.19. The number of carbonyl (C=O) groups is 2. The fourth-order valence-corrected chi connectivity index (χ4v) is 2.45. The zero-order valence-corrected chi connectivity index (χ0v) is 11.1. The number of carboxylic acids is 1. The molecule has 0 radical (unpaired) electrons. The lowest BCUT2D eigenvalue weighted by atomic mass is 10.0. The van der Waals surface area contributed by atoms with E-state index < -0.39 is 12.0 Å². The average Bonchev–Trinajstić information content (AvgIpc) is 2.47. The van der Waals surface area contributed by atoms with Crippen LogP contribution in [0.1, 0.15) is 35.2 Å². The van der Waals surface area contributed by atoms with Crippen molar-refractivity contribution in [1.29, 1.82) is 5.26 Å². The van der Waals surface area contributed by atoms with Gasteiger partial charge in [0, 0.05) is 12.1 Å². The maximum Gasteiger partial charge on any atom is 0.326 e. The minimum atomic E-state index is -0.945. The third kappa shape index (κ3) is 2.97. The van der Waals surface area contributed by atoms with E-state index in [0.717, 1.165) is 18.4 Å². The molecule has 5 heteroatoms. The van der Waals surface area contributed by atoms with E-state index in [1.165, 1.54) is 4.90 Å². The molecule has 1 N–H and O–H groups in total. The van der Waals surface area contributed by atoms with Gasteiger partial charge in [-0.25, -0.2) is 4.79 Å². The molecule has 0 aliphatic carbocycles. The lowest BCUT2D eigenvalue weighted by Gasteiger charge is -2.33. The number of likely N-dealkylation sites (tertiary alicyclic amines) is 1. The predicted molar refractivity (Wildman–Crippen MR) is 72.1 cm³/mol. The van der Waals surface area contributed by atoms with Crippen LogP contribution in [0.4, 0.5) is 0 Å². The fourth-order valence-electron chi connectivity index (χ4n) is 2.45. The number of benzene rings is 1. The van der Waals surface area contributed by atoms with E-state index in [1.807, 2.05) is 6.07 Å². The number of piperidine rings is 1. The summed E-state index contributed by atoms with van der Waals surface area (Å²) in [6.07, 6.45) is 2.48. The zero-order chi connectivity index (χ0) is 14.5. The summed E-state index contributed by atoms with van der Waals surface area (Å²) >= 11 is 0. The maximum absolute atomic E-state index is 12.4. The standard InChI is InChI=1S/C15H16N2O3/c16-9-8-11-4-6-12(7-5-11)14(18)17-10-2-1-3-13(17)15(19)20/h4-7,13H,1-3,8,10H2,(H,19,20)/t13-/m1/s1. The van der Waals surface area contributed by atoms with Gasteiger partial charge in [-0.05, 0) is 37.0 Å². The van der Waals surface area contributed by atoms with Gasteiger partial charge >= 0.3 is 5.97 Å². The Kier molecular flexibility index (Phi) is 4.36. The number of hydrogen-bond donors (Lipinski definition) is 1. The molecule has 0 bridgehead atoms. The van der Waals surface area contributed by atoms with E-state index in [1.54, 1.807) is 24.3 Å². The summed E-state index contributed by atoms with van der Waals surface area (Å²) in [5.41, 5.74) is 1.32. The van der Waals surface area contributed by atoms with Crippen LogP contribution < -0.4 is 0 Å². The van der Waals surface area contributed by atoms with Crippen molar-refractivity contribution >= 4 is 11.9 Å². The number of rotatable bonds is 3. The first kappa shape index (κ1) is 14.1. The molecule has 0 aromatic heterocycles. The molecule has 1 heterocycles. The summed E-state index contributed by atoms with van der Waals surface area (Å²) in [7, 11) is 0. The Morgan fingerprint density at radius 2 is 2.00 bits per heavy atom. The van der Waals surface area contributed by atoms with Gasteiger partial charge in [0.15, 0.2) is 0 Å². The maximum atomic E-state index is 12.4.